The average molecular weight is 588 g/mol. The number of Topliss-reactive ketones (excluding diaryl/α,β-unsaturated/α-hetero) is 1. The van der Waals surface area contributed by atoms with E-state index in [2.05, 4.69) is 24.1 Å². The molecule has 2 N–H and O–H groups in total. The van der Waals surface area contributed by atoms with Crippen LogP contribution in [0.25, 0.3) is 0 Å². The molecule has 40 heavy (non-hydrogen) atoms. The van der Waals surface area contributed by atoms with E-state index in [1.165, 1.54) is 6.20 Å². The molecule has 3 atom stereocenters. The Balaban J connectivity index is 1.54. The number of benzene rings is 1. The molecule has 0 bridgehead atoms. The van der Waals surface area contributed by atoms with E-state index in [4.69, 9.17) is 23.2 Å². The van der Waals surface area contributed by atoms with Crippen LogP contribution >= 0.6 is 23.2 Å². The summed E-state index contributed by atoms with van der Waals surface area (Å²) >= 11 is 12.6. The van der Waals surface area contributed by atoms with Gasteiger partial charge in [0, 0.05) is 35.2 Å². The number of hydrogen-bond donors (Lipinski definition) is 2. The second kappa shape index (κ2) is 10.1. The van der Waals surface area contributed by atoms with Gasteiger partial charge in [-0.15, -0.1) is 0 Å². The molecule has 3 saturated carbocycles. The van der Waals surface area contributed by atoms with E-state index in [-0.39, 0.29) is 39.8 Å². The van der Waals surface area contributed by atoms with Crippen molar-refractivity contribution in [2.45, 2.75) is 95.5 Å². The summed E-state index contributed by atoms with van der Waals surface area (Å²) in [6.45, 7) is 4.51. The van der Waals surface area contributed by atoms with E-state index in [1.54, 1.807) is 18.2 Å². The maximum Gasteiger partial charge on any atom is 0.236 e. The van der Waals surface area contributed by atoms with Crippen LogP contribution in [0.1, 0.15) is 95.1 Å². The molecule has 5 nitrogen and oxygen atoms in total. The van der Waals surface area contributed by atoms with Crippen molar-refractivity contribution in [3.63, 3.8) is 0 Å². The van der Waals surface area contributed by atoms with Crippen LogP contribution in [0.3, 0.4) is 0 Å². The first-order valence-corrected chi connectivity index (χ1v) is 15.4. The number of halogens is 3. The van der Waals surface area contributed by atoms with Crippen LogP contribution in [0, 0.1) is 28.5 Å². The number of nitrogens with one attached hydrogen (secondary N) is 1. The van der Waals surface area contributed by atoms with Crippen molar-refractivity contribution in [3.05, 3.63) is 57.6 Å². The minimum atomic E-state index is -1.14. The van der Waals surface area contributed by atoms with Gasteiger partial charge in [-0.25, -0.2) is 9.37 Å². The van der Waals surface area contributed by atoms with Crippen LogP contribution in [-0.2, 0) is 15.0 Å². The SMILES string of the molecule is CC1(C)CCC2(CC1)C[C@@H](C(=O)CC1CCC(O)CC1)[C@H](c1ccnc(Cl)c1F)[C@]21C(=O)Nc2cc(Cl)ccc21. The van der Waals surface area contributed by atoms with Crippen LogP contribution in [-0.4, -0.2) is 27.9 Å². The Kier molecular flexibility index (Phi) is 7.07. The van der Waals surface area contributed by atoms with E-state index in [0.717, 1.165) is 44.1 Å². The number of hydrogen-bond acceptors (Lipinski definition) is 4. The van der Waals surface area contributed by atoms with Crippen LogP contribution in [0.5, 0.6) is 0 Å². The Morgan fingerprint density at radius 3 is 2.50 bits per heavy atom. The number of nitrogens with zero attached hydrogens (tertiary/aromatic N) is 1. The summed E-state index contributed by atoms with van der Waals surface area (Å²) in [7, 11) is 0. The molecule has 0 unspecified atom stereocenters. The lowest BCUT2D eigenvalue weighted by Crippen LogP contribution is -2.52. The minimum absolute atomic E-state index is 0.0787. The second-order valence-corrected chi connectivity index (χ2v) is 14.3. The number of carbonyl (C=O) groups is 2. The van der Waals surface area contributed by atoms with Gasteiger partial charge >= 0.3 is 0 Å². The van der Waals surface area contributed by atoms with E-state index in [1.807, 2.05) is 6.07 Å². The zero-order chi connectivity index (χ0) is 28.4. The summed E-state index contributed by atoms with van der Waals surface area (Å²) in [6.07, 6.45) is 8.43. The van der Waals surface area contributed by atoms with Crippen molar-refractivity contribution in [1.82, 2.24) is 4.98 Å². The number of fused-ring (bicyclic) bond motifs is 3. The van der Waals surface area contributed by atoms with Gasteiger partial charge in [0.25, 0.3) is 0 Å². The van der Waals surface area contributed by atoms with Crippen molar-refractivity contribution in [2.75, 3.05) is 5.32 Å². The Morgan fingerprint density at radius 1 is 1.10 bits per heavy atom. The highest BCUT2D eigenvalue weighted by molar-refractivity contribution is 6.31. The topological polar surface area (TPSA) is 79.3 Å². The first kappa shape index (κ1) is 28.1. The van der Waals surface area contributed by atoms with Crippen molar-refractivity contribution in [1.29, 1.82) is 0 Å². The molecular weight excluding hydrogens is 550 g/mol. The molecule has 0 radical (unpaired) electrons. The molecule has 1 aromatic heterocycles. The molecule has 1 aliphatic heterocycles. The molecule has 3 aliphatic carbocycles. The van der Waals surface area contributed by atoms with Gasteiger partial charge in [0.05, 0.1) is 11.5 Å². The number of amides is 1. The van der Waals surface area contributed by atoms with Gasteiger partial charge in [-0.2, -0.15) is 0 Å². The van der Waals surface area contributed by atoms with Crippen molar-refractivity contribution in [2.24, 2.45) is 22.7 Å². The van der Waals surface area contributed by atoms with Crippen LogP contribution in [0.15, 0.2) is 30.5 Å². The van der Waals surface area contributed by atoms with Gasteiger partial charge in [-0.1, -0.05) is 43.1 Å². The third-order valence-electron chi connectivity index (χ3n) is 10.8. The van der Waals surface area contributed by atoms with Gasteiger partial charge in [-0.05, 0) is 104 Å². The summed E-state index contributed by atoms with van der Waals surface area (Å²) in [5, 5.41) is 13.4. The minimum Gasteiger partial charge on any atom is -0.393 e. The summed E-state index contributed by atoms with van der Waals surface area (Å²) in [5.74, 6) is -1.85. The Morgan fingerprint density at radius 2 is 1.80 bits per heavy atom. The number of aromatic nitrogens is 1. The van der Waals surface area contributed by atoms with E-state index < -0.39 is 28.5 Å². The van der Waals surface area contributed by atoms with Gasteiger partial charge in [0.1, 0.15) is 5.78 Å². The van der Waals surface area contributed by atoms with Gasteiger partial charge < -0.3 is 10.4 Å². The van der Waals surface area contributed by atoms with Gasteiger partial charge in [0.15, 0.2) is 11.0 Å². The van der Waals surface area contributed by atoms with E-state index >= 15 is 4.39 Å². The van der Waals surface area contributed by atoms with Gasteiger partial charge in [-0.3, -0.25) is 9.59 Å². The highest BCUT2D eigenvalue weighted by Crippen LogP contribution is 2.72. The fourth-order valence-electron chi connectivity index (χ4n) is 8.68. The number of rotatable bonds is 4. The Hall–Kier alpha value is -2.02. The van der Waals surface area contributed by atoms with Crippen LogP contribution in [0.2, 0.25) is 10.2 Å². The smallest absolute Gasteiger partial charge is 0.236 e. The third kappa shape index (κ3) is 4.32. The summed E-state index contributed by atoms with van der Waals surface area (Å²) in [4.78, 5) is 32.8. The monoisotopic (exact) mass is 586 g/mol. The zero-order valence-electron chi connectivity index (χ0n) is 23.1. The van der Waals surface area contributed by atoms with Crippen molar-refractivity contribution in [3.8, 4) is 0 Å². The molecule has 0 saturated heterocycles. The molecule has 1 aromatic carbocycles. The Bertz CT molecular complexity index is 1350. The maximum absolute atomic E-state index is 16.0. The number of pyridine rings is 1. The molecular formula is C32H37Cl2FN2O3. The van der Waals surface area contributed by atoms with Crippen molar-refractivity contribution >= 4 is 40.6 Å². The van der Waals surface area contributed by atoms with Crippen molar-refractivity contribution < 1.29 is 19.1 Å². The highest BCUT2D eigenvalue weighted by Gasteiger charge is 2.72. The lowest BCUT2D eigenvalue weighted by atomic mass is 9.51. The first-order chi connectivity index (χ1) is 19.0. The number of ketones is 1. The van der Waals surface area contributed by atoms with Crippen LogP contribution in [0.4, 0.5) is 10.1 Å². The number of anilines is 1. The first-order valence-electron chi connectivity index (χ1n) is 14.6. The molecule has 1 amide bonds. The molecule has 2 spiro atoms. The molecule has 2 heterocycles. The highest BCUT2D eigenvalue weighted by atomic mass is 35.5. The molecule has 214 valence electrons. The maximum atomic E-state index is 16.0. The molecule has 3 fully saturated rings. The van der Waals surface area contributed by atoms with Gasteiger partial charge in [0.2, 0.25) is 5.91 Å². The van der Waals surface area contributed by atoms with E-state index in [9.17, 15) is 14.7 Å². The number of aliphatic hydroxyl groups excluding tert-OH is 1. The largest absolute Gasteiger partial charge is 0.393 e. The number of aliphatic hydroxyl groups is 1. The predicted molar refractivity (Wildman–Crippen MR) is 154 cm³/mol. The second-order valence-electron chi connectivity index (χ2n) is 13.5. The molecule has 4 aliphatic rings. The quantitative estimate of drug-likeness (QED) is 0.361. The predicted octanol–water partition coefficient (Wildman–Crippen LogP) is 7.62. The van der Waals surface area contributed by atoms with E-state index in [0.29, 0.717) is 36.4 Å². The average Bonchev–Trinajstić information content (AvgIpc) is 3.37. The summed E-state index contributed by atoms with van der Waals surface area (Å²) in [6, 6.07) is 7.07. The fraction of sp³-hybridized carbons (Fsp3) is 0.594. The third-order valence-corrected chi connectivity index (χ3v) is 11.3. The Labute approximate surface area is 245 Å². The lowest BCUT2D eigenvalue weighted by Gasteiger charge is -2.51. The summed E-state index contributed by atoms with van der Waals surface area (Å²) in [5.41, 5.74) is 0.184. The van der Waals surface area contributed by atoms with Crippen LogP contribution < -0.4 is 5.32 Å². The normalized spacial score (nSPS) is 32.3. The molecule has 8 heteroatoms. The fourth-order valence-corrected chi connectivity index (χ4v) is 9.02. The molecule has 2 aromatic rings. The zero-order valence-corrected chi connectivity index (χ0v) is 24.6. The lowest BCUT2D eigenvalue weighted by molar-refractivity contribution is -0.127. The number of carbonyl (C=O) groups excluding carboxylic acids is 2. The molecule has 6 rings (SSSR count). The standard InChI is InChI=1S/C32H37Cl2FN2O3/c1-30(2)10-12-31(13-11-30)17-22(25(39)15-18-3-6-20(38)7-4-18)26(21-9-14-36-28(34)27(21)35)32(31)23-8-5-19(33)16-24(23)37-29(32)40/h5,8-9,14,16,18,20,22,26,38H,3-4,6-7,10-13,15,17H2,1-2H3,(H,37,40)/t18?,20?,22-,26-,32+/m0/s1. The summed E-state index contributed by atoms with van der Waals surface area (Å²) < 4.78 is 16.0.